The smallest absolute Gasteiger partial charge is 0.305 e. The second-order valence-electron chi connectivity index (χ2n) is 20.8. The summed E-state index contributed by atoms with van der Waals surface area (Å²) in [5.41, 5.74) is 27.4. The SMILES string of the molecule is [Ir+3].[c-]1cc(-c2ccccc2-c2cc(-c3ccccc3-c3c[c-]c(-c4ccccn4)cc3)cc(-c3ccc(-c4ccccc4)cc3-c3c[c-]c(-c4cc(-c5ccccc5)ccn4)cc3-c3ccc(-c4ccccc4)cc3)c2)ccc1-c1ccccn1. The van der Waals surface area contributed by atoms with Gasteiger partial charge in [-0.05, 0) is 126 Å². The van der Waals surface area contributed by atoms with E-state index in [1.807, 2.05) is 55.0 Å². The van der Waals surface area contributed by atoms with Crippen LogP contribution in [0.15, 0.2) is 316 Å². The standard InChI is InChI=1S/C81H52N3.Ir/c1-4-18-56(19-5-1)59-30-32-62(33-31-59)77-54-67(81-55-66(46-49-84-81)58-22-8-3-9-23-58)43-45-76(77)78-53-65(57-20-6-2-7-21-57)42-44-75(78)70-51-68(73-26-12-10-24-71(73)60-34-38-63(39-35-60)79-28-14-16-47-82-79)50-69(52-70)74-27-13-11-25-72(74)61-36-40-64(41-37-61)80-29-15-17-48-83-80;/h1-38,40,42,44-55H;/q-3;+3. The van der Waals surface area contributed by atoms with Crippen molar-refractivity contribution in [3.63, 3.8) is 0 Å². The number of nitrogens with zero attached hydrogens (tertiary/aromatic N) is 3. The molecule has 11 aromatic carbocycles. The number of hydrogen-bond acceptors (Lipinski definition) is 3. The fourth-order valence-corrected chi connectivity index (χ4v) is 11.4. The quantitative estimate of drug-likeness (QED) is 0.108. The van der Waals surface area contributed by atoms with Crippen molar-refractivity contribution in [2.45, 2.75) is 0 Å². The molecule has 400 valence electrons. The van der Waals surface area contributed by atoms with Gasteiger partial charge in [0.05, 0.1) is 0 Å². The predicted octanol–water partition coefficient (Wildman–Crippen LogP) is 20.9. The van der Waals surface area contributed by atoms with Crippen molar-refractivity contribution in [2.24, 2.45) is 0 Å². The molecule has 0 aliphatic carbocycles. The van der Waals surface area contributed by atoms with Crippen molar-refractivity contribution in [2.75, 3.05) is 0 Å². The molecule has 0 aliphatic rings. The molecule has 0 unspecified atom stereocenters. The van der Waals surface area contributed by atoms with Crippen LogP contribution in [0.25, 0.3) is 145 Å². The van der Waals surface area contributed by atoms with Crippen LogP contribution in [-0.2, 0) is 20.1 Å². The van der Waals surface area contributed by atoms with Crippen LogP contribution in [0.3, 0.4) is 0 Å². The Balaban J connectivity index is 0.00000672. The van der Waals surface area contributed by atoms with E-state index in [0.717, 1.165) is 139 Å². The maximum atomic E-state index is 4.98. The molecule has 14 aromatic rings. The third-order valence-corrected chi connectivity index (χ3v) is 15.7. The average molecular weight is 1260 g/mol. The monoisotopic (exact) mass is 1260 g/mol. The number of benzene rings is 11. The van der Waals surface area contributed by atoms with Crippen LogP contribution in [0.1, 0.15) is 0 Å². The van der Waals surface area contributed by atoms with E-state index < -0.39 is 0 Å². The first-order valence-corrected chi connectivity index (χ1v) is 28.3. The molecule has 4 heteroatoms. The first-order valence-electron chi connectivity index (χ1n) is 28.3. The van der Waals surface area contributed by atoms with Gasteiger partial charge < -0.3 is 15.0 Å². The summed E-state index contributed by atoms with van der Waals surface area (Å²) >= 11 is 0. The Kier molecular flexibility index (Phi) is 15.5. The zero-order chi connectivity index (χ0) is 56.0. The molecule has 0 bridgehead atoms. The molecule has 0 saturated heterocycles. The van der Waals surface area contributed by atoms with Crippen LogP contribution in [0, 0.1) is 18.2 Å². The zero-order valence-electron chi connectivity index (χ0n) is 46.2. The topological polar surface area (TPSA) is 38.7 Å². The molecule has 14 rings (SSSR count). The molecule has 0 atom stereocenters. The van der Waals surface area contributed by atoms with Crippen LogP contribution >= 0.6 is 0 Å². The Morgan fingerprint density at radius 3 is 1.06 bits per heavy atom. The van der Waals surface area contributed by atoms with E-state index in [0.29, 0.717) is 0 Å². The van der Waals surface area contributed by atoms with Crippen molar-refractivity contribution >= 4 is 0 Å². The number of rotatable bonds is 13. The van der Waals surface area contributed by atoms with E-state index >= 15 is 0 Å². The summed E-state index contributed by atoms with van der Waals surface area (Å²) in [6, 6.07) is 117. The summed E-state index contributed by atoms with van der Waals surface area (Å²) in [4.78, 5) is 14.2. The van der Waals surface area contributed by atoms with Gasteiger partial charge in [-0.1, -0.05) is 251 Å². The van der Waals surface area contributed by atoms with Gasteiger partial charge in [0, 0.05) is 18.6 Å². The van der Waals surface area contributed by atoms with E-state index in [2.05, 4.69) is 289 Å². The van der Waals surface area contributed by atoms with E-state index in [1.54, 1.807) is 0 Å². The minimum absolute atomic E-state index is 0. The van der Waals surface area contributed by atoms with E-state index in [1.165, 1.54) is 5.56 Å². The van der Waals surface area contributed by atoms with Crippen LogP contribution in [0.2, 0.25) is 0 Å². The Labute approximate surface area is 510 Å². The summed E-state index contributed by atoms with van der Waals surface area (Å²) in [5, 5.41) is 0. The molecule has 0 radical (unpaired) electrons. The summed E-state index contributed by atoms with van der Waals surface area (Å²) in [7, 11) is 0. The largest absolute Gasteiger partial charge is 3.00 e. The average Bonchev–Trinajstić information content (AvgIpc) is 2.22. The minimum Gasteiger partial charge on any atom is -0.305 e. The van der Waals surface area contributed by atoms with Crippen molar-refractivity contribution in [1.29, 1.82) is 0 Å². The Bertz CT molecular complexity index is 4440. The minimum atomic E-state index is 0. The number of aromatic nitrogens is 3. The molecule has 3 nitrogen and oxygen atoms in total. The maximum absolute atomic E-state index is 4.98. The van der Waals surface area contributed by atoms with E-state index in [-0.39, 0.29) is 20.1 Å². The molecule has 3 aromatic heterocycles. The molecule has 0 amide bonds. The Morgan fingerprint density at radius 1 is 0.188 bits per heavy atom. The van der Waals surface area contributed by atoms with Gasteiger partial charge in [-0.2, -0.15) is 0 Å². The summed E-state index contributed by atoms with van der Waals surface area (Å²) < 4.78 is 0. The van der Waals surface area contributed by atoms with E-state index in [4.69, 9.17) is 4.98 Å². The van der Waals surface area contributed by atoms with Crippen molar-refractivity contribution < 1.29 is 20.1 Å². The second kappa shape index (κ2) is 24.5. The van der Waals surface area contributed by atoms with Crippen LogP contribution in [-0.4, -0.2) is 15.0 Å². The molecule has 0 aliphatic heterocycles. The van der Waals surface area contributed by atoms with Crippen molar-refractivity contribution in [1.82, 2.24) is 15.0 Å². The normalized spacial score (nSPS) is 11.0. The first-order chi connectivity index (χ1) is 41.6. The summed E-state index contributed by atoms with van der Waals surface area (Å²) in [6.45, 7) is 0. The van der Waals surface area contributed by atoms with Gasteiger partial charge in [0.2, 0.25) is 0 Å². The van der Waals surface area contributed by atoms with Crippen molar-refractivity contribution in [3.8, 4) is 145 Å². The third kappa shape index (κ3) is 11.4. The van der Waals surface area contributed by atoms with Gasteiger partial charge in [0.1, 0.15) is 0 Å². The fourth-order valence-electron chi connectivity index (χ4n) is 11.4. The number of hydrogen-bond donors (Lipinski definition) is 0. The molecule has 0 fully saturated rings. The van der Waals surface area contributed by atoms with Crippen LogP contribution in [0.5, 0.6) is 0 Å². The van der Waals surface area contributed by atoms with Gasteiger partial charge in [-0.25, -0.2) is 0 Å². The van der Waals surface area contributed by atoms with Gasteiger partial charge in [-0.3, -0.25) is 0 Å². The van der Waals surface area contributed by atoms with Gasteiger partial charge >= 0.3 is 20.1 Å². The maximum Gasteiger partial charge on any atom is 3.00 e. The van der Waals surface area contributed by atoms with Crippen LogP contribution in [0.4, 0.5) is 0 Å². The van der Waals surface area contributed by atoms with Crippen molar-refractivity contribution in [3.05, 3.63) is 334 Å². The molecule has 0 N–H and O–H groups in total. The molecule has 3 heterocycles. The Morgan fingerprint density at radius 2 is 0.576 bits per heavy atom. The summed E-state index contributed by atoms with van der Waals surface area (Å²) in [5.74, 6) is 0. The van der Waals surface area contributed by atoms with E-state index in [9.17, 15) is 0 Å². The Hall–Kier alpha value is -10.5. The van der Waals surface area contributed by atoms with Gasteiger partial charge in [-0.15, -0.1) is 83.4 Å². The van der Waals surface area contributed by atoms with Gasteiger partial charge in [0.15, 0.2) is 0 Å². The number of pyridine rings is 3. The molecule has 0 saturated carbocycles. The third-order valence-electron chi connectivity index (χ3n) is 15.7. The first kappa shape index (κ1) is 53.8. The summed E-state index contributed by atoms with van der Waals surface area (Å²) in [6.07, 6.45) is 5.56. The van der Waals surface area contributed by atoms with Gasteiger partial charge in [0.25, 0.3) is 0 Å². The molecular weight excluding hydrogens is 1210 g/mol. The molecular formula is C81H52IrN3. The fraction of sp³-hybridized carbons (Fsp3) is 0. The second-order valence-corrected chi connectivity index (χ2v) is 20.8. The molecule has 0 spiro atoms. The van der Waals surface area contributed by atoms with Crippen LogP contribution < -0.4 is 0 Å². The molecule has 85 heavy (non-hydrogen) atoms. The predicted molar refractivity (Wildman–Crippen MR) is 347 cm³/mol. The zero-order valence-corrected chi connectivity index (χ0v) is 48.6.